The molecular weight excluding hydrogens is 220 g/mol. The van der Waals surface area contributed by atoms with Gasteiger partial charge in [0.1, 0.15) is 0 Å². The highest BCUT2D eigenvalue weighted by Gasteiger charge is 2.27. The quantitative estimate of drug-likeness (QED) is 0.809. The van der Waals surface area contributed by atoms with Gasteiger partial charge < -0.3 is 15.4 Å². The standard InChI is InChI=1S/C12H24N2OS/c1-14-4-7-16-9-12(14)11(13)8-10-2-5-15-6-3-10/h10-12H,2-9,13H2,1H3. The van der Waals surface area contributed by atoms with E-state index in [1.165, 1.54) is 37.3 Å². The van der Waals surface area contributed by atoms with Gasteiger partial charge in [0.05, 0.1) is 0 Å². The molecule has 2 aliphatic heterocycles. The summed E-state index contributed by atoms with van der Waals surface area (Å²) in [6.45, 7) is 3.07. The van der Waals surface area contributed by atoms with Crippen molar-refractivity contribution in [1.82, 2.24) is 4.90 Å². The molecule has 2 N–H and O–H groups in total. The second-order valence-corrected chi connectivity index (χ2v) is 6.23. The lowest BCUT2D eigenvalue weighted by atomic mass is 9.90. The molecule has 2 unspecified atom stereocenters. The van der Waals surface area contributed by atoms with Crippen molar-refractivity contribution in [3.63, 3.8) is 0 Å². The summed E-state index contributed by atoms with van der Waals surface area (Å²) in [6, 6.07) is 0.933. The van der Waals surface area contributed by atoms with Gasteiger partial charge >= 0.3 is 0 Å². The van der Waals surface area contributed by atoms with E-state index in [-0.39, 0.29) is 0 Å². The van der Waals surface area contributed by atoms with Crippen molar-refractivity contribution >= 4 is 11.8 Å². The van der Waals surface area contributed by atoms with Crippen LogP contribution in [0.2, 0.25) is 0 Å². The van der Waals surface area contributed by atoms with Gasteiger partial charge in [-0.3, -0.25) is 0 Å². The molecule has 3 nitrogen and oxygen atoms in total. The first kappa shape index (κ1) is 12.7. The van der Waals surface area contributed by atoms with Crippen LogP contribution in [0, 0.1) is 5.92 Å². The number of nitrogens with two attached hydrogens (primary N) is 1. The Labute approximate surface area is 103 Å². The van der Waals surface area contributed by atoms with Crippen molar-refractivity contribution < 1.29 is 4.74 Å². The van der Waals surface area contributed by atoms with Gasteiger partial charge in [-0.05, 0) is 32.2 Å². The summed E-state index contributed by atoms with van der Waals surface area (Å²) in [4.78, 5) is 2.44. The summed E-state index contributed by atoms with van der Waals surface area (Å²) in [6.07, 6.45) is 3.59. The molecule has 0 radical (unpaired) electrons. The molecule has 0 aromatic rings. The first-order chi connectivity index (χ1) is 7.77. The first-order valence-electron chi connectivity index (χ1n) is 6.38. The monoisotopic (exact) mass is 244 g/mol. The van der Waals surface area contributed by atoms with Gasteiger partial charge in [-0.1, -0.05) is 0 Å². The lowest BCUT2D eigenvalue weighted by molar-refractivity contribution is 0.0584. The molecule has 94 valence electrons. The maximum absolute atomic E-state index is 6.37. The summed E-state index contributed by atoms with van der Waals surface area (Å²) in [5.41, 5.74) is 6.37. The molecule has 2 heterocycles. The Morgan fingerprint density at radius 3 is 2.88 bits per heavy atom. The fourth-order valence-electron chi connectivity index (χ4n) is 2.68. The third-order valence-corrected chi connectivity index (χ3v) is 4.93. The van der Waals surface area contributed by atoms with E-state index in [4.69, 9.17) is 10.5 Å². The zero-order valence-corrected chi connectivity index (χ0v) is 11.0. The number of hydrogen-bond donors (Lipinski definition) is 1. The van der Waals surface area contributed by atoms with Crippen LogP contribution in [0.4, 0.5) is 0 Å². The molecule has 0 spiro atoms. The SMILES string of the molecule is CN1CCSCC1C(N)CC1CCOCC1. The molecule has 0 aliphatic carbocycles. The Kier molecular flexibility index (Phi) is 4.95. The van der Waals surface area contributed by atoms with Crippen LogP contribution in [0.5, 0.6) is 0 Å². The molecule has 0 aromatic heterocycles. The highest BCUT2D eigenvalue weighted by Crippen LogP contribution is 2.24. The maximum Gasteiger partial charge on any atom is 0.0468 e. The predicted molar refractivity (Wildman–Crippen MR) is 69.9 cm³/mol. The van der Waals surface area contributed by atoms with Crippen LogP contribution in [0.15, 0.2) is 0 Å². The predicted octanol–water partition coefficient (Wildman–Crippen LogP) is 1.18. The summed E-state index contributed by atoms with van der Waals surface area (Å²) < 4.78 is 5.39. The van der Waals surface area contributed by atoms with Crippen molar-refractivity contribution in [2.45, 2.75) is 31.3 Å². The van der Waals surface area contributed by atoms with E-state index in [0.717, 1.165) is 19.1 Å². The molecule has 4 heteroatoms. The lowest BCUT2D eigenvalue weighted by Gasteiger charge is -2.37. The lowest BCUT2D eigenvalue weighted by Crippen LogP contribution is -2.51. The molecule has 16 heavy (non-hydrogen) atoms. The minimum Gasteiger partial charge on any atom is -0.381 e. The Hall–Kier alpha value is 0.230. The molecule has 0 bridgehead atoms. The summed E-state index contributed by atoms with van der Waals surface area (Å²) in [7, 11) is 2.22. The van der Waals surface area contributed by atoms with Crippen LogP contribution >= 0.6 is 11.8 Å². The van der Waals surface area contributed by atoms with Crippen LogP contribution in [-0.4, -0.2) is 55.3 Å². The van der Waals surface area contributed by atoms with Crippen LogP contribution in [0.3, 0.4) is 0 Å². The molecule has 2 atom stereocenters. The number of rotatable bonds is 3. The van der Waals surface area contributed by atoms with Crippen molar-refractivity contribution in [2.24, 2.45) is 11.7 Å². The molecule has 0 saturated carbocycles. The van der Waals surface area contributed by atoms with E-state index in [0.29, 0.717) is 12.1 Å². The van der Waals surface area contributed by atoms with Crippen molar-refractivity contribution in [1.29, 1.82) is 0 Å². The minimum atomic E-state index is 0.348. The van der Waals surface area contributed by atoms with Crippen LogP contribution < -0.4 is 5.73 Å². The van der Waals surface area contributed by atoms with E-state index in [2.05, 4.69) is 23.7 Å². The highest BCUT2D eigenvalue weighted by atomic mass is 32.2. The highest BCUT2D eigenvalue weighted by molar-refractivity contribution is 7.99. The van der Waals surface area contributed by atoms with Crippen molar-refractivity contribution in [2.75, 3.05) is 38.3 Å². The summed E-state index contributed by atoms with van der Waals surface area (Å²) >= 11 is 2.05. The second-order valence-electron chi connectivity index (χ2n) is 5.08. The van der Waals surface area contributed by atoms with E-state index >= 15 is 0 Å². The number of hydrogen-bond acceptors (Lipinski definition) is 4. The first-order valence-corrected chi connectivity index (χ1v) is 7.54. The largest absolute Gasteiger partial charge is 0.381 e. The van der Waals surface area contributed by atoms with Gasteiger partial charge in [0.2, 0.25) is 0 Å². The van der Waals surface area contributed by atoms with E-state index in [1.54, 1.807) is 0 Å². The fourth-order valence-corrected chi connectivity index (χ4v) is 4.01. The number of nitrogens with zero attached hydrogens (tertiary/aromatic N) is 1. The van der Waals surface area contributed by atoms with Crippen molar-refractivity contribution in [3.8, 4) is 0 Å². The van der Waals surface area contributed by atoms with E-state index < -0.39 is 0 Å². The minimum absolute atomic E-state index is 0.348. The van der Waals surface area contributed by atoms with Crippen LogP contribution in [0.1, 0.15) is 19.3 Å². The topological polar surface area (TPSA) is 38.5 Å². The third kappa shape index (κ3) is 3.36. The molecule has 0 amide bonds. The molecule has 0 aromatic carbocycles. The van der Waals surface area contributed by atoms with E-state index in [9.17, 15) is 0 Å². The number of likely N-dealkylation sites (N-methyl/N-ethyl adjacent to an activating group) is 1. The smallest absolute Gasteiger partial charge is 0.0468 e. The van der Waals surface area contributed by atoms with Gasteiger partial charge in [-0.25, -0.2) is 0 Å². The van der Waals surface area contributed by atoms with Gasteiger partial charge in [-0.15, -0.1) is 0 Å². The summed E-state index contributed by atoms with van der Waals surface area (Å²) in [5.74, 6) is 3.27. The average Bonchev–Trinajstić information content (AvgIpc) is 2.31. The zero-order chi connectivity index (χ0) is 11.4. The molecule has 2 aliphatic rings. The Balaban J connectivity index is 1.78. The van der Waals surface area contributed by atoms with Crippen LogP contribution in [0.25, 0.3) is 0 Å². The Morgan fingerprint density at radius 2 is 2.19 bits per heavy atom. The second kappa shape index (κ2) is 6.24. The zero-order valence-electron chi connectivity index (χ0n) is 10.2. The van der Waals surface area contributed by atoms with Gasteiger partial charge in [-0.2, -0.15) is 11.8 Å². The molecule has 2 fully saturated rings. The Bertz CT molecular complexity index is 209. The third-order valence-electron chi connectivity index (χ3n) is 3.88. The molecular formula is C12H24N2OS. The number of thioether (sulfide) groups is 1. The van der Waals surface area contributed by atoms with Crippen LogP contribution in [-0.2, 0) is 4.74 Å². The Morgan fingerprint density at radius 1 is 1.44 bits per heavy atom. The maximum atomic E-state index is 6.37. The average molecular weight is 244 g/mol. The van der Waals surface area contributed by atoms with Gasteiger partial charge in [0, 0.05) is 43.3 Å². The van der Waals surface area contributed by atoms with Gasteiger partial charge in [0.15, 0.2) is 0 Å². The normalized spacial score (nSPS) is 31.5. The number of ether oxygens (including phenoxy) is 1. The van der Waals surface area contributed by atoms with Crippen molar-refractivity contribution in [3.05, 3.63) is 0 Å². The molecule has 2 rings (SSSR count). The molecule has 2 saturated heterocycles. The van der Waals surface area contributed by atoms with Gasteiger partial charge in [0.25, 0.3) is 0 Å². The fraction of sp³-hybridized carbons (Fsp3) is 1.00. The summed E-state index contributed by atoms with van der Waals surface area (Å²) in [5, 5.41) is 0. The van der Waals surface area contributed by atoms with E-state index in [1.807, 2.05) is 0 Å².